The molecule has 2 aromatic rings. The normalized spacial score (nSPS) is 15.0. The second-order valence-electron chi connectivity index (χ2n) is 7.80. The number of rotatable bonds is 11. The van der Waals surface area contributed by atoms with Crippen LogP contribution in [0.1, 0.15) is 49.4 Å². The molecule has 1 aliphatic carbocycles. The zero-order chi connectivity index (χ0) is 19.9. The Labute approximate surface area is 167 Å². The number of hydrogen-bond acceptors (Lipinski definition) is 4. The van der Waals surface area contributed by atoms with Gasteiger partial charge in [0.25, 0.3) is 0 Å². The topological polar surface area (TPSA) is 54.7 Å². The Morgan fingerprint density at radius 3 is 2.79 bits per heavy atom. The molecule has 5 heteroatoms. The quantitative estimate of drug-likeness (QED) is 0.603. The Morgan fingerprint density at radius 2 is 2.07 bits per heavy atom. The van der Waals surface area contributed by atoms with Gasteiger partial charge in [-0.15, -0.1) is 0 Å². The highest BCUT2D eigenvalue weighted by Crippen LogP contribution is 2.28. The lowest BCUT2D eigenvalue weighted by atomic mass is 10.1. The Balaban J connectivity index is 1.59. The van der Waals surface area contributed by atoms with Gasteiger partial charge in [0.1, 0.15) is 12.7 Å². The van der Waals surface area contributed by atoms with E-state index in [1.54, 1.807) is 0 Å². The van der Waals surface area contributed by atoms with Crippen LogP contribution in [0, 0.1) is 6.92 Å². The number of nitrogens with zero attached hydrogens (tertiary/aromatic N) is 2. The molecule has 28 heavy (non-hydrogen) atoms. The predicted octanol–water partition coefficient (Wildman–Crippen LogP) is 3.51. The molecule has 152 valence electrons. The average Bonchev–Trinajstić information content (AvgIpc) is 3.43. The standard InChI is InChI=1S/C23H32N2O3/c1-3-7-23(27)28-17-22(26)16-25(20-11-12-20)15-21-10-6-13-24(21)14-19-9-5-4-8-18(19)2/h4-6,8-10,13,20,22,26H,3,7,11-12,14-17H2,1-2H3/t22-/m0/s1. The molecule has 0 bridgehead atoms. The number of ether oxygens (including phenoxy) is 1. The largest absolute Gasteiger partial charge is 0.463 e. The van der Waals surface area contributed by atoms with E-state index < -0.39 is 6.10 Å². The summed E-state index contributed by atoms with van der Waals surface area (Å²) in [6.45, 7) is 6.34. The van der Waals surface area contributed by atoms with Gasteiger partial charge in [-0.3, -0.25) is 9.69 Å². The number of benzene rings is 1. The van der Waals surface area contributed by atoms with Crippen LogP contribution in [-0.4, -0.2) is 45.8 Å². The molecule has 1 saturated carbocycles. The molecule has 0 radical (unpaired) electrons. The third-order valence-electron chi connectivity index (χ3n) is 5.29. The first kappa shape index (κ1) is 20.6. The van der Waals surface area contributed by atoms with Crippen LogP contribution in [0.25, 0.3) is 0 Å². The lowest BCUT2D eigenvalue weighted by Gasteiger charge is -2.25. The molecule has 0 unspecified atom stereocenters. The van der Waals surface area contributed by atoms with Crippen molar-refractivity contribution in [2.45, 2.75) is 64.8 Å². The molecule has 1 aromatic heterocycles. The maximum absolute atomic E-state index is 11.5. The summed E-state index contributed by atoms with van der Waals surface area (Å²) < 4.78 is 7.46. The molecule has 1 aliphatic rings. The molecule has 1 fully saturated rings. The van der Waals surface area contributed by atoms with Crippen LogP contribution in [0.15, 0.2) is 42.6 Å². The zero-order valence-corrected chi connectivity index (χ0v) is 17.0. The molecule has 1 atom stereocenters. The number of aliphatic hydroxyl groups is 1. The van der Waals surface area contributed by atoms with Crippen molar-refractivity contribution in [3.05, 3.63) is 59.4 Å². The highest BCUT2D eigenvalue weighted by atomic mass is 16.5. The number of aromatic nitrogens is 1. The van der Waals surface area contributed by atoms with Crippen LogP contribution in [0.2, 0.25) is 0 Å². The number of carbonyl (C=O) groups is 1. The maximum Gasteiger partial charge on any atom is 0.305 e. The summed E-state index contributed by atoms with van der Waals surface area (Å²) in [5.74, 6) is -0.230. The summed E-state index contributed by atoms with van der Waals surface area (Å²) in [4.78, 5) is 13.9. The molecule has 5 nitrogen and oxygen atoms in total. The second-order valence-corrected chi connectivity index (χ2v) is 7.80. The minimum absolute atomic E-state index is 0.0757. The molecule has 0 spiro atoms. The van der Waals surface area contributed by atoms with Gasteiger partial charge in [-0.25, -0.2) is 0 Å². The summed E-state index contributed by atoms with van der Waals surface area (Å²) in [5, 5.41) is 10.4. The first-order valence-corrected chi connectivity index (χ1v) is 10.3. The average molecular weight is 385 g/mol. The van der Waals surface area contributed by atoms with Crippen molar-refractivity contribution in [1.82, 2.24) is 9.47 Å². The summed E-state index contributed by atoms with van der Waals surface area (Å²) >= 11 is 0. The lowest BCUT2D eigenvalue weighted by Crippen LogP contribution is -2.37. The molecule has 0 aliphatic heterocycles. The Morgan fingerprint density at radius 1 is 1.29 bits per heavy atom. The van der Waals surface area contributed by atoms with Crippen molar-refractivity contribution in [2.75, 3.05) is 13.2 Å². The van der Waals surface area contributed by atoms with Crippen molar-refractivity contribution in [3.8, 4) is 0 Å². The van der Waals surface area contributed by atoms with Gasteiger partial charge in [-0.05, 0) is 49.4 Å². The minimum Gasteiger partial charge on any atom is -0.463 e. The van der Waals surface area contributed by atoms with E-state index in [9.17, 15) is 9.90 Å². The highest BCUT2D eigenvalue weighted by Gasteiger charge is 2.31. The van der Waals surface area contributed by atoms with Crippen LogP contribution in [0.5, 0.6) is 0 Å². The molecule has 1 aromatic carbocycles. The highest BCUT2D eigenvalue weighted by molar-refractivity contribution is 5.69. The SMILES string of the molecule is CCCC(=O)OC[C@@H](O)CN(Cc1cccn1Cc1ccccc1C)C1CC1. The smallest absolute Gasteiger partial charge is 0.305 e. The number of hydrogen-bond donors (Lipinski definition) is 1. The van der Waals surface area contributed by atoms with Gasteiger partial charge < -0.3 is 14.4 Å². The fraction of sp³-hybridized carbons (Fsp3) is 0.522. The van der Waals surface area contributed by atoms with E-state index in [2.05, 4.69) is 59.0 Å². The predicted molar refractivity (Wildman–Crippen MR) is 110 cm³/mol. The third kappa shape index (κ3) is 5.94. The van der Waals surface area contributed by atoms with Gasteiger partial charge in [0, 0.05) is 44.0 Å². The fourth-order valence-corrected chi connectivity index (χ4v) is 3.50. The van der Waals surface area contributed by atoms with Crippen molar-refractivity contribution < 1.29 is 14.6 Å². The molecule has 3 rings (SSSR count). The van der Waals surface area contributed by atoms with Gasteiger partial charge in [-0.2, -0.15) is 0 Å². The first-order valence-electron chi connectivity index (χ1n) is 10.3. The summed E-state index contributed by atoms with van der Waals surface area (Å²) in [7, 11) is 0. The van der Waals surface area contributed by atoms with E-state index in [1.165, 1.54) is 29.7 Å². The Bertz CT molecular complexity index is 767. The van der Waals surface area contributed by atoms with E-state index in [1.807, 2.05) is 6.92 Å². The molecule has 1 heterocycles. The van der Waals surface area contributed by atoms with Crippen molar-refractivity contribution in [1.29, 1.82) is 0 Å². The number of carbonyl (C=O) groups excluding carboxylic acids is 1. The van der Waals surface area contributed by atoms with Gasteiger partial charge in [-0.1, -0.05) is 31.2 Å². The van der Waals surface area contributed by atoms with Crippen LogP contribution in [-0.2, 0) is 22.6 Å². The van der Waals surface area contributed by atoms with E-state index in [4.69, 9.17) is 4.74 Å². The molecule has 0 amide bonds. The fourth-order valence-electron chi connectivity index (χ4n) is 3.50. The lowest BCUT2D eigenvalue weighted by molar-refractivity contribution is -0.147. The van der Waals surface area contributed by atoms with Gasteiger partial charge in [0.15, 0.2) is 0 Å². The Hall–Kier alpha value is -2.11. The van der Waals surface area contributed by atoms with Crippen molar-refractivity contribution >= 4 is 5.97 Å². The molecular weight excluding hydrogens is 352 g/mol. The summed E-state index contributed by atoms with van der Waals surface area (Å²) in [5.41, 5.74) is 3.86. The first-order chi connectivity index (χ1) is 13.6. The third-order valence-corrected chi connectivity index (χ3v) is 5.29. The van der Waals surface area contributed by atoms with Crippen LogP contribution >= 0.6 is 0 Å². The number of aliphatic hydroxyl groups excluding tert-OH is 1. The van der Waals surface area contributed by atoms with Gasteiger partial charge in [0.2, 0.25) is 0 Å². The minimum atomic E-state index is -0.652. The summed E-state index contributed by atoms with van der Waals surface area (Å²) in [6.07, 6.45) is 4.98. The molecule has 0 saturated heterocycles. The second kappa shape index (κ2) is 9.89. The van der Waals surface area contributed by atoms with Gasteiger partial charge >= 0.3 is 5.97 Å². The van der Waals surface area contributed by atoms with Crippen molar-refractivity contribution in [3.63, 3.8) is 0 Å². The summed E-state index contributed by atoms with van der Waals surface area (Å²) in [6, 6.07) is 13.2. The monoisotopic (exact) mass is 384 g/mol. The van der Waals surface area contributed by atoms with Gasteiger partial charge in [0.05, 0.1) is 0 Å². The van der Waals surface area contributed by atoms with E-state index >= 15 is 0 Å². The van der Waals surface area contributed by atoms with Crippen LogP contribution < -0.4 is 0 Å². The van der Waals surface area contributed by atoms with E-state index in [0.29, 0.717) is 19.0 Å². The van der Waals surface area contributed by atoms with Crippen LogP contribution in [0.4, 0.5) is 0 Å². The maximum atomic E-state index is 11.5. The van der Waals surface area contributed by atoms with Crippen LogP contribution in [0.3, 0.4) is 0 Å². The van der Waals surface area contributed by atoms with E-state index in [0.717, 1.165) is 19.5 Å². The van der Waals surface area contributed by atoms with E-state index in [-0.39, 0.29) is 12.6 Å². The Kier molecular flexibility index (Phi) is 7.29. The number of aryl methyl sites for hydroxylation is 1. The molecule has 1 N–H and O–H groups in total. The molecular formula is C23H32N2O3. The van der Waals surface area contributed by atoms with Crippen molar-refractivity contribution in [2.24, 2.45) is 0 Å². The number of esters is 1. The zero-order valence-electron chi connectivity index (χ0n) is 17.0.